The lowest BCUT2D eigenvalue weighted by molar-refractivity contribution is 0.0747. The lowest BCUT2D eigenvalue weighted by atomic mass is 9.95. The van der Waals surface area contributed by atoms with Gasteiger partial charge < -0.3 is 19.9 Å². The highest BCUT2D eigenvalue weighted by Crippen LogP contribution is 2.24. The molecule has 2 aliphatic heterocycles. The Labute approximate surface area is 202 Å². The standard InChI is InChI=1S/C29H35N3O2/c33-29(32-17-15-31(16-18-32)27-8-2-1-3-9-27)26-11-10-25-21-28(13-12-24(25)20-26)34-19-5-7-23-6-4-14-30-22-23/h1-3,8-13,20-21,23,30H,4-7,14-19,22H2. The van der Waals surface area contributed by atoms with Crippen molar-refractivity contribution in [1.82, 2.24) is 10.2 Å². The minimum absolute atomic E-state index is 0.118. The highest BCUT2D eigenvalue weighted by Gasteiger charge is 2.22. The number of fused-ring (bicyclic) bond motifs is 1. The number of amides is 1. The number of benzene rings is 3. The summed E-state index contributed by atoms with van der Waals surface area (Å²) in [6.07, 6.45) is 4.96. The van der Waals surface area contributed by atoms with E-state index in [1.54, 1.807) is 0 Å². The Morgan fingerprint density at radius 2 is 1.74 bits per heavy atom. The number of rotatable bonds is 7. The Hall–Kier alpha value is -3.05. The first-order chi connectivity index (χ1) is 16.8. The van der Waals surface area contributed by atoms with Crippen LogP contribution >= 0.6 is 0 Å². The number of ether oxygens (including phenoxy) is 1. The van der Waals surface area contributed by atoms with Gasteiger partial charge in [0, 0.05) is 37.4 Å². The predicted molar refractivity (Wildman–Crippen MR) is 139 cm³/mol. The number of piperazine rings is 1. The van der Waals surface area contributed by atoms with Crippen LogP contribution in [0.4, 0.5) is 5.69 Å². The molecule has 0 radical (unpaired) electrons. The Balaban J connectivity index is 1.14. The monoisotopic (exact) mass is 457 g/mol. The second kappa shape index (κ2) is 10.9. The lowest BCUT2D eigenvalue weighted by Crippen LogP contribution is -2.48. The zero-order chi connectivity index (χ0) is 23.2. The zero-order valence-electron chi connectivity index (χ0n) is 19.9. The van der Waals surface area contributed by atoms with Crippen LogP contribution in [0.1, 0.15) is 36.0 Å². The third-order valence-corrected chi connectivity index (χ3v) is 7.17. The number of hydrogen-bond donors (Lipinski definition) is 1. The molecule has 5 heteroatoms. The molecule has 1 N–H and O–H groups in total. The first kappa shape index (κ1) is 22.7. The maximum absolute atomic E-state index is 13.1. The van der Waals surface area contributed by atoms with Crippen LogP contribution in [0.3, 0.4) is 0 Å². The molecule has 0 aliphatic carbocycles. The molecule has 34 heavy (non-hydrogen) atoms. The summed E-state index contributed by atoms with van der Waals surface area (Å²) in [7, 11) is 0. The van der Waals surface area contributed by atoms with Crippen LogP contribution in [0.5, 0.6) is 5.75 Å². The maximum Gasteiger partial charge on any atom is 0.253 e. The summed E-state index contributed by atoms with van der Waals surface area (Å²) in [4.78, 5) is 17.5. The molecule has 0 spiro atoms. The number of carbonyl (C=O) groups is 1. The van der Waals surface area contributed by atoms with Crippen molar-refractivity contribution < 1.29 is 9.53 Å². The molecule has 2 heterocycles. The van der Waals surface area contributed by atoms with Crippen LogP contribution in [-0.2, 0) is 0 Å². The quantitative estimate of drug-likeness (QED) is 0.510. The van der Waals surface area contributed by atoms with Gasteiger partial charge in [-0.3, -0.25) is 4.79 Å². The van der Waals surface area contributed by atoms with Crippen molar-refractivity contribution in [2.24, 2.45) is 5.92 Å². The summed E-state index contributed by atoms with van der Waals surface area (Å²) in [6, 6.07) is 22.6. The molecule has 3 aromatic carbocycles. The van der Waals surface area contributed by atoms with Gasteiger partial charge in [-0.15, -0.1) is 0 Å². The number of para-hydroxylation sites is 1. The molecular weight excluding hydrogens is 422 g/mol. The van der Waals surface area contributed by atoms with Crippen molar-refractivity contribution in [2.75, 3.05) is 50.8 Å². The van der Waals surface area contributed by atoms with Crippen LogP contribution in [-0.4, -0.2) is 56.7 Å². The molecule has 1 unspecified atom stereocenters. The molecular formula is C29H35N3O2. The summed E-state index contributed by atoms with van der Waals surface area (Å²) in [5, 5.41) is 5.67. The highest BCUT2D eigenvalue weighted by molar-refractivity contribution is 5.99. The van der Waals surface area contributed by atoms with Crippen LogP contribution in [0.25, 0.3) is 10.8 Å². The van der Waals surface area contributed by atoms with Crippen molar-refractivity contribution in [3.05, 3.63) is 72.3 Å². The maximum atomic E-state index is 13.1. The zero-order valence-corrected chi connectivity index (χ0v) is 19.9. The fraction of sp³-hybridized carbons (Fsp3) is 0.414. The van der Waals surface area contributed by atoms with Crippen molar-refractivity contribution in [3.8, 4) is 5.75 Å². The predicted octanol–water partition coefficient (Wildman–Crippen LogP) is 4.96. The topological polar surface area (TPSA) is 44.8 Å². The van der Waals surface area contributed by atoms with Gasteiger partial charge in [0.2, 0.25) is 0 Å². The van der Waals surface area contributed by atoms with E-state index in [9.17, 15) is 4.79 Å². The van der Waals surface area contributed by atoms with Crippen molar-refractivity contribution in [1.29, 1.82) is 0 Å². The van der Waals surface area contributed by atoms with Gasteiger partial charge in [-0.1, -0.05) is 30.3 Å². The van der Waals surface area contributed by atoms with E-state index < -0.39 is 0 Å². The number of piperidine rings is 1. The van der Waals surface area contributed by atoms with E-state index in [0.29, 0.717) is 0 Å². The molecule has 5 nitrogen and oxygen atoms in total. The summed E-state index contributed by atoms with van der Waals surface area (Å²) in [6.45, 7) is 6.29. The van der Waals surface area contributed by atoms with Gasteiger partial charge in [-0.05, 0) is 91.9 Å². The molecule has 0 bridgehead atoms. The summed E-state index contributed by atoms with van der Waals surface area (Å²) >= 11 is 0. The van der Waals surface area contributed by atoms with E-state index in [2.05, 4.69) is 46.6 Å². The van der Waals surface area contributed by atoms with E-state index in [4.69, 9.17) is 4.74 Å². The van der Waals surface area contributed by atoms with Crippen LogP contribution in [0.15, 0.2) is 66.7 Å². The molecule has 1 atom stereocenters. The molecule has 2 fully saturated rings. The molecule has 2 saturated heterocycles. The number of nitrogens with one attached hydrogen (secondary N) is 1. The van der Waals surface area contributed by atoms with E-state index in [1.165, 1.54) is 31.5 Å². The molecule has 0 aromatic heterocycles. The van der Waals surface area contributed by atoms with Gasteiger partial charge >= 0.3 is 0 Å². The summed E-state index contributed by atoms with van der Waals surface area (Å²) in [5.74, 6) is 1.82. The Kier molecular flexibility index (Phi) is 7.30. The smallest absolute Gasteiger partial charge is 0.253 e. The van der Waals surface area contributed by atoms with Gasteiger partial charge in [0.05, 0.1) is 6.61 Å². The van der Waals surface area contributed by atoms with E-state index in [1.807, 2.05) is 35.2 Å². The van der Waals surface area contributed by atoms with Gasteiger partial charge in [-0.2, -0.15) is 0 Å². The van der Waals surface area contributed by atoms with Gasteiger partial charge in [0.1, 0.15) is 5.75 Å². The van der Waals surface area contributed by atoms with Crippen LogP contribution < -0.4 is 15.0 Å². The number of carbonyl (C=O) groups excluding carboxylic acids is 1. The fourth-order valence-electron chi connectivity index (χ4n) is 5.17. The molecule has 5 rings (SSSR count). The largest absolute Gasteiger partial charge is 0.494 e. The third-order valence-electron chi connectivity index (χ3n) is 7.17. The normalized spacial score (nSPS) is 18.8. The lowest BCUT2D eigenvalue weighted by Gasteiger charge is -2.36. The van der Waals surface area contributed by atoms with Crippen LogP contribution in [0.2, 0.25) is 0 Å². The second-order valence-corrected chi connectivity index (χ2v) is 9.54. The van der Waals surface area contributed by atoms with E-state index in [0.717, 1.165) is 73.8 Å². The Morgan fingerprint density at radius 1 is 0.941 bits per heavy atom. The number of hydrogen-bond acceptors (Lipinski definition) is 4. The molecule has 1 amide bonds. The molecule has 0 saturated carbocycles. The average molecular weight is 458 g/mol. The molecule has 3 aromatic rings. The molecule has 178 valence electrons. The average Bonchev–Trinajstić information content (AvgIpc) is 2.91. The SMILES string of the molecule is O=C(c1ccc2cc(OCCCC3CCCNC3)ccc2c1)N1CCN(c2ccccc2)CC1. The Bertz CT molecular complexity index is 1090. The van der Waals surface area contributed by atoms with E-state index >= 15 is 0 Å². The number of anilines is 1. The second-order valence-electron chi connectivity index (χ2n) is 9.54. The Morgan fingerprint density at radius 3 is 2.53 bits per heavy atom. The van der Waals surface area contributed by atoms with E-state index in [-0.39, 0.29) is 5.91 Å². The van der Waals surface area contributed by atoms with Crippen LogP contribution in [0, 0.1) is 5.92 Å². The third kappa shape index (κ3) is 5.53. The highest BCUT2D eigenvalue weighted by atomic mass is 16.5. The summed E-state index contributed by atoms with van der Waals surface area (Å²) in [5.41, 5.74) is 1.99. The fourth-order valence-corrected chi connectivity index (χ4v) is 5.17. The minimum Gasteiger partial charge on any atom is -0.494 e. The molecule has 2 aliphatic rings. The van der Waals surface area contributed by atoms with Crippen molar-refractivity contribution in [2.45, 2.75) is 25.7 Å². The summed E-state index contributed by atoms with van der Waals surface area (Å²) < 4.78 is 6.02. The minimum atomic E-state index is 0.118. The first-order valence-electron chi connectivity index (χ1n) is 12.7. The van der Waals surface area contributed by atoms with Crippen molar-refractivity contribution in [3.63, 3.8) is 0 Å². The van der Waals surface area contributed by atoms with Gasteiger partial charge in [0.15, 0.2) is 0 Å². The van der Waals surface area contributed by atoms with Gasteiger partial charge in [0.25, 0.3) is 5.91 Å². The van der Waals surface area contributed by atoms with Crippen molar-refractivity contribution >= 4 is 22.4 Å². The first-order valence-corrected chi connectivity index (χ1v) is 12.7. The number of nitrogens with zero attached hydrogens (tertiary/aromatic N) is 2. The van der Waals surface area contributed by atoms with Gasteiger partial charge in [-0.25, -0.2) is 0 Å².